The quantitative estimate of drug-likeness (QED) is 0.226. The summed E-state index contributed by atoms with van der Waals surface area (Å²) in [4.78, 5) is 62.9. The second-order valence-corrected chi connectivity index (χ2v) is 8.79. The van der Waals surface area contributed by atoms with Crippen molar-refractivity contribution < 1.29 is 29.7 Å². The van der Waals surface area contributed by atoms with Gasteiger partial charge >= 0.3 is 17.9 Å². The van der Waals surface area contributed by atoms with E-state index in [1.807, 2.05) is 0 Å². The van der Waals surface area contributed by atoms with Crippen LogP contribution >= 0.6 is 0 Å². The maximum Gasteiger partial charge on any atom is 0.335 e. The highest BCUT2D eigenvalue weighted by molar-refractivity contribution is 6.21. The van der Waals surface area contributed by atoms with E-state index in [0.717, 1.165) is 0 Å². The number of carbonyl (C=O) groups is 3. The highest BCUT2D eigenvalue weighted by atomic mass is 16.4. The lowest BCUT2D eigenvalue weighted by Crippen LogP contribution is -2.02. The molecule has 186 valence electrons. The Morgan fingerprint density at radius 3 is 0.846 bits per heavy atom. The van der Waals surface area contributed by atoms with Crippen LogP contribution in [0.1, 0.15) is 31.1 Å². The summed E-state index contributed by atoms with van der Waals surface area (Å²) in [6.45, 7) is 0. The van der Waals surface area contributed by atoms with Crippen molar-refractivity contribution in [2.24, 2.45) is 0 Å². The first-order chi connectivity index (χ1) is 18.8. The predicted molar refractivity (Wildman–Crippen MR) is 139 cm³/mol. The van der Waals surface area contributed by atoms with E-state index in [9.17, 15) is 29.7 Å². The van der Waals surface area contributed by atoms with E-state index < -0.39 is 17.9 Å². The van der Waals surface area contributed by atoms with Gasteiger partial charge in [-0.05, 0) is 54.6 Å². The van der Waals surface area contributed by atoms with Gasteiger partial charge in [-0.3, -0.25) is 0 Å². The maximum atomic E-state index is 11.5. The predicted octanol–water partition coefficient (Wildman–Crippen LogP) is 4.07. The van der Waals surface area contributed by atoms with E-state index in [1.165, 1.54) is 54.6 Å². The van der Waals surface area contributed by atoms with E-state index in [4.69, 9.17) is 29.9 Å². The fourth-order valence-corrected chi connectivity index (χ4v) is 4.55. The number of carboxylic acid groups (broad SMARTS) is 3. The minimum absolute atomic E-state index is 0.0333. The molecule has 0 aliphatic rings. The lowest BCUT2D eigenvalue weighted by atomic mass is 10.1. The van der Waals surface area contributed by atoms with Crippen molar-refractivity contribution in [1.82, 2.24) is 29.9 Å². The second-order valence-electron chi connectivity index (χ2n) is 8.79. The standard InChI is InChI=1S/C27H12N6O6/c34-25(35)10-1-4-13-16(7-10)31-22-19(28-13)23-21(30-14-5-2-11(26(36)37)8-17(14)32-23)24-20(22)29-15-6-3-12(27(38)39)9-18(15)33-24/h1-9H,(H,34,35)(H,36,37)(H,38,39). The Labute approximate surface area is 215 Å². The van der Waals surface area contributed by atoms with E-state index >= 15 is 0 Å². The molecule has 0 bridgehead atoms. The molecule has 0 spiro atoms. The monoisotopic (exact) mass is 516 g/mol. The van der Waals surface area contributed by atoms with E-state index in [1.54, 1.807) is 0 Å². The van der Waals surface area contributed by atoms with Gasteiger partial charge in [0.05, 0.1) is 49.8 Å². The van der Waals surface area contributed by atoms with Crippen molar-refractivity contribution in [3.8, 4) is 0 Å². The molecule has 7 aromatic rings. The lowest BCUT2D eigenvalue weighted by Gasteiger charge is -2.11. The van der Waals surface area contributed by atoms with Crippen LogP contribution in [0.3, 0.4) is 0 Å². The average molecular weight is 516 g/mol. The van der Waals surface area contributed by atoms with Crippen LogP contribution in [0, 0.1) is 0 Å². The zero-order valence-corrected chi connectivity index (χ0v) is 19.4. The molecule has 0 amide bonds. The molecule has 0 aliphatic heterocycles. The largest absolute Gasteiger partial charge is 0.478 e. The smallest absolute Gasteiger partial charge is 0.335 e. The number of hydrogen-bond donors (Lipinski definition) is 3. The minimum Gasteiger partial charge on any atom is -0.478 e. The molecule has 0 aliphatic carbocycles. The molecule has 0 saturated heterocycles. The number of benzene rings is 4. The average Bonchev–Trinajstić information content (AvgIpc) is 2.93. The molecule has 39 heavy (non-hydrogen) atoms. The molecule has 4 aromatic carbocycles. The molecule has 7 rings (SSSR count). The Hall–Kier alpha value is -5.91. The number of nitrogens with zero attached hydrogens (tertiary/aromatic N) is 6. The van der Waals surface area contributed by atoms with Gasteiger partial charge in [0.15, 0.2) is 0 Å². The molecular formula is C27H12N6O6. The van der Waals surface area contributed by atoms with E-state index in [2.05, 4.69) is 0 Å². The van der Waals surface area contributed by atoms with Crippen LogP contribution < -0.4 is 0 Å². The van der Waals surface area contributed by atoms with Crippen molar-refractivity contribution in [3.63, 3.8) is 0 Å². The fourth-order valence-electron chi connectivity index (χ4n) is 4.55. The summed E-state index contributed by atoms with van der Waals surface area (Å²) in [5.41, 5.74) is 4.08. The Morgan fingerprint density at radius 2 is 0.615 bits per heavy atom. The van der Waals surface area contributed by atoms with Gasteiger partial charge in [0, 0.05) is 0 Å². The van der Waals surface area contributed by atoms with Crippen LogP contribution in [-0.2, 0) is 0 Å². The second kappa shape index (κ2) is 7.79. The first-order valence-corrected chi connectivity index (χ1v) is 11.4. The van der Waals surface area contributed by atoms with Crippen molar-refractivity contribution >= 4 is 84.1 Å². The number of carboxylic acids is 3. The van der Waals surface area contributed by atoms with Crippen LogP contribution in [0.15, 0.2) is 54.6 Å². The first-order valence-electron chi connectivity index (χ1n) is 11.4. The van der Waals surface area contributed by atoms with Crippen LogP contribution in [0.25, 0.3) is 66.2 Å². The minimum atomic E-state index is -1.12. The fraction of sp³-hybridized carbons (Fsp3) is 0. The molecule has 0 radical (unpaired) electrons. The zero-order chi connectivity index (χ0) is 27.0. The third-order valence-corrected chi connectivity index (χ3v) is 6.41. The number of hydrogen-bond acceptors (Lipinski definition) is 9. The van der Waals surface area contributed by atoms with Crippen molar-refractivity contribution in [2.75, 3.05) is 0 Å². The normalized spacial score (nSPS) is 11.7. The van der Waals surface area contributed by atoms with Crippen molar-refractivity contribution in [1.29, 1.82) is 0 Å². The summed E-state index contributed by atoms with van der Waals surface area (Å²) in [6.07, 6.45) is 0. The van der Waals surface area contributed by atoms with Gasteiger partial charge in [-0.1, -0.05) is 0 Å². The van der Waals surface area contributed by atoms with Gasteiger partial charge in [0.1, 0.15) is 33.1 Å². The van der Waals surface area contributed by atoms with Gasteiger partial charge in [0.25, 0.3) is 0 Å². The van der Waals surface area contributed by atoms with Gasteiger partial charge in [-0.2, -0.15) is 0 Å². The molecule has 3 heterocycles. The summed E-state index contributed by atoms with van der Waals surface area (Å²) in [5, 5.41) is 28.3. The maximum absolute atomic E-state index is 11.5. The SMILES string of the molecule is O=C(O)c1ccc2nc3c4nc5cc(C(=O)O)ccc5nc4c4nc5cc(C(=O)O)ccc5nc4c3nc2c1. The molecule has 0 saturated carbocycles. The first kappa shape index (κ1) is 22.3. The molecule has 12 heteroatoms. The number of fused-ring (bicyclic) bond motifs is 9. The van der Waals surface area contributed by atoms with Gasteiger partial charge in [-0.15, -0.1) is 0 Å². The topological polar surface area (TPSA) is 189 Å². The third kappa shape index (κ3) is 3.35. The summed E-state index contributed by atoms with van der Waals surface area (Å²) < 4.78 is 0. The summed E-state index contributed by atoms with van der Waals surface area (Å²) in [6, 6.07) is 13.1. The number of rotatable bonds is 3. The molecule has 0 atom stereocenters. The van der Waals surface area contributed by atoms with Gasteiger partial charge in [0.2, 0.25) is 0 Å². The summed E-state index contributed by atoms with van der Waals surface area (Å²) in [5.74, 6) is -3.35. The highest BCUT2D eigenvalue weighted by Gasteiger charge is 2.20. The van der Waals surface area contributed by atoms with Crippen LogP contribution in [0.4, 0.5) is 0 Å². The molecular weight excluding hydrogens is 504 g/mol. The van der Waals surface area contributed by atoms with Crippen LogP contribution in [-0.4, -0.2) is 63.1 Å². The molecule has 3 aromatic heterocycles. The molecule has 0 unspecified atom stereocenters. The Bertz CT molecular complexity index is 2000. The summed E-state index contributed by atoms with van der Waals surface area (Å²) in [7, 11) is 0. The molecule has 0 fully saturated rings. The Morgan fingerprint density at radius 1 is 0.385 bits per heavy atom. The Balaban J connectivity index is 1.69. The van der Waals surface area contributed by atoms with E-state index in [-0.39, 0.29) is 33.2 Å². The third-order valence-electron chi connectivity index (χ3n) is 6.41. The van der Waals surface area contributed by atoms with E-state index in [0.29, 0.717) is 49.7 Å². The van der Waals surface area contributed by atoms with Gasteiger partial charge in [-0.25, -0.2) is 44.3 Å². The number of aromatic nitrogens is 6. The molecule has 12 nitrogen and oxygen atoms in total. The molecule has 3 N–H and O–H groups in total. The van der Waals surface area contributed by atoms with Crippen LogP contribution in [0.5, 0.6) is 0 Å². The zero-order valence-electron chi connectivity index (χ0n) is 19.4. The lowest BCUT2D eigenvalue weighted by molar-refractivity contribution is 0.0686. The van der Waals surface area contributed by atoms with Crippen LogP contribution in [0.2, 0.25) is 0 Å². The summed E-state index contributed by atoms with van der Waals surface area (Å²) >= 11 is 0. The van der Waals surface area contributed by atoms with Gasteiger partial charge < -0.3 is 15.3 Å². The Kier molecular flexibility index (Phi) is 4.46. The van der Waals surface area contributed by atoms with Crippen molar-refractivity contribution in [3.05, 3.63) is 71.3 Å². The van der Waals surface area contributed by atoms with Crippen molar-refractivity contribution in [2.45, 2.75) is 0 Å². The number of aromatic carboxylic acids is 3. The highest BCUT2D eigenvalue weighted by Crippen LogP contribution is 2.33.